The molecular weight excluding hydrogens is 270 g/mol. The number of aromatic nitrogens is 1. The maximum Gasteiger partial charge on any atom is 0.252 e. The van der Waals surface area contributed by atoms with Crippen LogP contribution in [0.4, 0.5) is 0 Å². The minimum absolute atomic E-state index is 0.181. The third-order valence-electron chi connectivity index (χ3n) is 3.06. The number of primary amides is 1. The SMILES string of the molecule is Cn1ccc(C(=O)N[C@H](C(N)=O)c2ccccc2)cc1=O. The van der Waals surface area contributed by atoms with Gasteiger partial charge in [-0.2, -0.15) is 0 Å². The molecule has 6 nitrogen and oxygen atoms in total. The molecule has 0 radical (unpaired) electrons. The first-order valence-electron chi connectivity index (χ1n) is 6.31. The molecule has 6 heteroatoms. The van der Waals surface area contributed by atoms with E-state index in [9.17, 15) is 14.4 Å². The molecule has 0 spiro atoms. The van der Waals surface area contributed by atoms with E-state index in [1.807, 2.05) is 0 Å². The number of rotatable bonds is 4. The van der Waals surface area contributed by atoms with Crippen LogP contribution in [0.5, 0.6) is 0 Å². The molecule has 3 N–H and O–H groups in total. The summed E-state index contributed by atoms with van der Waals surface area (Å²) in [7, 11) is 1.58. The molecule has 0 aliphatic rings. The second-order valence-corrected chi connectivity index (χ2v) is 4.58. The van der Waals surface area contributed by atoms with Gasteiger partial charge in [-0.05, 0) is 11.6 Å². The van der Waals surface area contributed by atoms with Gasteiger partial charge in [-0.25, -0.2) is 0 Å². The summed E-state index contributed by atoms with van der Waals surface area (Å²) in [6.07, 6.45) is 1.49. The van der Waals surface area contributed by atoms with Crippen molar-refractivity contribution < 1.29 is 9.59 Å². The first-order valence-corrected chi connectivity index (χ1v) is 6.31. The zero-order valence-electron chi connectivity index (χ0n) is 11.4. The van der Waals surface area contributed by atoms with E-state index in [1.165, 1.54) is 22.9 Å². The monoisotopic (exact) mass is 285 g/mol. The van der Waals surface area contributed by atoms with Gasteiger partial charge in [0.1, 0.15) is 6.04 Å². The van der Waals surface area contributed by atoms with E-state index in [0.717, 1.165) is 0 Å². The molecule has 1 heterocycles. The predicted octanol–water partition coefficient (Wildman–Crippen LogP) is 0.342. The van der Waals surface area contributed by atoms with E-state index in [4.69, 9.17) is 5.73 Å². The van der Waals surface area contributed by atoms with Gasteiger partial charge in [-0.3, -0.25) is 14.4 Å². The lowest BCUT2D eigenvalue weighted by Crippen LogP contribution is -2.38. The van der Waals surface area contributed by atoms with Gasteiger partial charge in [0.25, 0.3) is 11.5 Å². The van der Waals surface area contributed by atoms with Crippen LogP contribution in [0.1, 0.15) is 22.0 Å². The minimum atomic E-state index is -0.942. The number of benzene rings is 1. The molecule has 2 amide bonds. The van der Waals surface area contributed by atoms with Crippen LogP contribution >= 0.6 is 0 Å². The molecule has 108 valence electrons. The van der Waals surface area contributed by atoms with Crippen LogP contribution in [0, 0.1) is 0 Å². The second kappa shape index (κ2) is 6.04. The second-order valence-electron chi connectivity index (χ2n) is 4.58. The average Bonchev–Trinajstić information content (AvgIpc) is 2.48. The Morgan fingerprint density at radius 2 is 1.86 bits per heavy atom. The van der Waals surface area contributed by atoms with Gasteiger partial charge in [0.05, 0.1) is 0 Å². The molecule has 0 unspecified atom stereocenters. The largest absolute Gasteiger partial charge is 0.368 e. The normalized spacial score (nSPS) is 11.7. The zero-order chi connectivity index (χ0) is 15.4. The lowest BCUT2D eigenvalue weighted by atomic mass is 10.1. The van der Waals surface area contributed by atoms with Crippen LogP contribution in [0.3, 0.4) is 0 Å². The van der Waals surface area contributed by atoms with E-state index in [0.29, 0.717) is 5.56 Å². The summed E-state index contributed by atoms with van der Waals surface area (Å²) in [6, 6.07) is 10.4. The number of nitrogens with zero attached hydrogens (tertiary/aromatic N) is 1. The molecule has 0 saturated heterocycles. The van der Waals surface area contributed by atoms with Crippen molar-refractivity contribution in [2.45, 2.75) is 6.04 Å². The number of pyridine rings is 1. The summed E-state index contributed by atoms with van der Waals surface area (Å²) in [5.41, 5.74) is 5.79. The minimum Gasteiger partial charge on any atom is -0.368 e. The van der Waals surface area contributed by atoms with Gasteiger partial charge < -0.3 is 15.6 Å². The smallest absolute Gasteiger partial charge is 0.252 e. The van der Waals surface area contributed by atoms with Gasteiger partial charge in [0.15, 0.2) is 0 Å². The summed E-state index contributed by atoms with van der Waals surface area (Å²) < 4.78 is 1.35. The number of nitrogens with two attached hydrogens (primary N) is 1. The molecule has 0 saturated carbocycles. The van der Waals surface area contributed by atoms with Crippen molar-refractivity contribution in [3.8, 4) is 0 Å². The topological polar surface area (TPSA) is 94.2 Å². The number of amides is 2. The number of aryl methyl sites for hydroxylation is 1. The molecule has 0 bridgehead atoms. The summed E-state index contributed by atoms with van der Waals surface area (Å²) in [4.78, 5) is 35.2. The summed E-state index contributed by atoms with van der Waals surface area (Å²) in [5, 5.41) is 2.53. The van der Waals surface area contributed by atoms with E-state index in [-0.39, 0.29) is 11.1 Å². The maximum atomic E-state index is 12.1. The fourth-order valence-corrected chi connectivity index (χ4v) is 1.87. The molecule has 1 aromatic carbocycles. The average molecular weight is 285 g/mol. The molecule has 0 aliphatic carbocycles. The Hall–Kier alpha value is -2.89. The number of carbonyl (C=O) groups is 2. The van der Waals surface area contributed by atoms with Crippen molar-refractivity contribution >= 4 is 11.8 Å². The lowest BCUT2D eigenvalue weighted by molar-refractivity contribution is -0.120. The van der Waals surface area contributed by atoms with Crippen LogP contribution in [0.2, 0.25) is 0 Å². The van der Waals surface area contributed by atoms with Crippen molar-refractivity contribution in [2.75, 3.05) is 0 Å². The van der Waals surface area contributed by atoms with Gasteiger partial charge >= 0.3 is 0 Å². The highest BCUT2D eigenvalue weighted by atomic mass is 16.2. The van der Waals surface area contributed by atoms with E-state index in [2.05, 4.69) is 5.32 Å². The fraction of sp³-hybridized carbons (Fsp3) is 0.133. The first-order chi connectivity index (χ1) is 9.99. The molecular formula is C15H15N3O3. The van der Waals surface area contributed by atoms with Crippen molar-refractivity contribution in [1.82, 2.24) is 9.88 Å². The summed E-state index contributed by atoms with van der Waals surface area (Å²) >= 11 is 0. The van der Waals surface area contributed by atoms with Crippen LogP contribution in [0.25, 0.3) is 0 Å². The molecule has 0 fully saturated rings. The summed E-state index contributed by atoms with van der Waals surface area (Å²) in [6.45, 7) is 0. The molecule has 2 aromatic rings. The van der Waals surface area contributed by atoms with Crippen LogP contribution in [-0.2, 0) is 11.8 Å². The van der Waals surface area contributed by atoms with Gasteiger partial charge in [0, 0.05) is 24.9 Å². The Bertz CT molecular complexity index is 722. The van der Waals surface area contributed by atoms with E-state index >= 15 is 0 Å². The highest BCUT2D eigenvalue weighted by molar-refractivity contribution is 5.97. The highest BCUT2D eigenvalue weighted by Crippen LogP contribution is 2.12. The van der Waals surface area contributed by atoms with Crippen molar-refractivity contribution in [2.24, 2.45) is 12.8 Å². The molecule has 21 heavy (non-hydrogen) atoms. The molecule has 2 rings (SSSR count). The highest BCUT2D eigenvalue weighted by Gasteiger charge is 2.20. The van der Waals surface area contributed by atoms with E-state index < -0.39 is 17.9 Å². The fourth-order valence-electron chi connectivity index (χ4n) is 1.87. The van der Waals surface area contributed by atoms with Crippen LogP contribution in [-0.4, -0.2) is 16.4 Å². The molecule has 0 aliphatic heterocycles. The standard InChI is InChI=1S/C15H15N3O3/c1-18-8-7-11(9-12(18)19)15(21)17-13(14(16)20)10-5-3-2-4-6-10/h2-9,13H,1H3,(H2,16,20)(H,17,21)/t13-/m0/s1. The number of hydrogen-bond donors (Lipinski definition) is 2. The van der Waals surface area contributed by atoms with Gasteiger partial charge in [-0.15, -0.1) is 0 Å². The lowest BCUT2D eigenvalue weighted by Gasteiger charge is -2.15. The van der Waals surface area contributed by atoms with Crippen molar-refractivity contribution in [3.63, 3.8) is 0 Å². The van der Waals surface area contributed by atoms with Gasteiger partial charge in [-0.1, -0.05) is 30.3 Å². The molecule has 1 aromatic heterocycles. The Kier molecular flexibility index (Phi) is 4.18. The number of nitrogens with one attached hydrogen (secondary N) is 1. The third kappa shape index (κ3) is 3.36. The Labute approximate surface area is 121 Å². The predicted molar refractivity (Wildman–Crippen MR) is 77.5 cm³/mol. The van der Waals surface area contributed by atoms with Crippen LogP contribution < -0.4 is 16.6 Å². The molecule has 1 atom stereocenters. The van der Waals surface area contributed by atoms with Crippen molar-refractivity contribution in [3.05, 3.63) is 70.1 Å². The Morgan fingerprint density at radius 1 is 1.19 bits per heavy atom. The first kappa shape index (κ1) is 14.5. The van der Waals surface area contributed by atoms with E-state index in [1.54, 1.807) is 37.4 Å². The number of carbonyl (C=O) groups excluding carboxylic acids is 2. The van der Waals surface area contributed by atoms with Gasteiger partial charge in [0.2, 0.25) is 5.91 Å². The van der Waals surface area contributed by atoms with Crippen LogP contribution in [0.15, 0.2) is 53.5 Å². The maximum absolute atomic E-state index is 12.1. The Morgan fingerprint density at radius 3 is 2.43 bits per heavy atom. The quantitative estimate of drug-likeness (QED) is 0.848. The van der Waals surface area contributed by atoms with Crippen molar-refractivity contribution in [1.29, 1.82) is 0 Å². The number of hydrogen-bond acceptors (Lipinski definition) is 3. The summed E-state index contributed by atoms with van der Waals surface area (Å²) in [5.74, 6) is -1.20. The third-order valence-corrected chi connectivity index (χ3v) is 3.06. The zero-order valence-corrected chi connectivity index (χ0v) is 11.4. The Balaban J connectivity index is 2.25.